The number of hydrogen-bond donors (Lipinski definition) is 1. The Kier molecular flexibility index (Phi) is 10.5. The van der Waals surface area contributed by atoms with Crippen molar-refractivity contribution in [2.75, 3.05) is 15.7 Å². The second-order valence-electron chi connectivity index (χ2n) is 12.6. The van der Waals surface area contributed by atoms with Gasteiger partial charge in [0.2, 0.25) is 0 Å². The van der Waals surface area contributed by atoms with Crippen LogP contribution in [0.1, 0.15) is 16.7 Å². The second kappa shape index (κ2) is 15.8. The van der Waals surface area contributed by atoms with E-state index in [4.69, 9.17) is 4.74 Å². The zero-order chi connectivity index (χ0) is 35.9. The van der Waals surface area contributed by atoms with Crippen molar-refractivity contribution in [1.29, 1.82) is 0 Å². The minimum Gasteiger partial charge on any atom is -0.456 e. The number of anilines is 6. The van der Waals surface area contributed by atoms with Crippen LogP contribution in [0.3, 0.4) is 0 Å². The van der Waals surface area contributed by atoms with E-state index in [1.807, 2.05) is 18.2 Å². The molecule has 6 aromatic carbocycles. The Morgan fingerprint density at radius 2 is 1.04 bits per heavy atom. The van der Waals surface area contributed by atoms with Gasteiger partial charge >= 0.3 is 0 Å². The summed E-state index contributed by atoms with van der Waals surface area (Å²) in [5, 5.41) is 3.23. The number of rotatable bonds is 12. The molecule has 0 bridgehead atoms. The van der Waals surface area contributed by atoms with E-state index in [1.54, 1.807) is 0 Å². The van der Waals surface area contributed by atoms with Crippen molar-refractivity contribution in [3.05, 3.63) is 168 Å². The lowest BCUT2D eigenvalue weighted by Gasteiger charge is -2.26. The van der Waals surface area contributed by atoms with Crippen LogP contribution in [0.15, 0.2) is 157 Å². The molecule has 7 nitrogen and oxygen atoms in total. The van der Waals surface area contributed by atoms with E-state index in [0.717, 1.165) is 50.8 Å². The summed E-state index contributed by atoms with van der Waals surface area (Å²) in [6.45, 7) is 4.57. The number of aliphatic imine (C=N–C) groups is 1. The van der Waals surface area contributed by atoms with Crippen LogP contribution in [0.2, 0.25) is 0 Å². The summed E-state index contributed by atoms with van der Waals surface area (Å²) in [5.41, 5.74) is 12.1. The highest BCUT2D eigenvalue weighted by atomic mass is 32.2. The van der Waals surface area contributed by atoms with Crippen molar-refractivity contribution in [3.8, 4) is 11.1 Å². The lowest BCUT2D eigenvalue weighted by molar-refractivity contribution is -0.126. The van der Waals surface area contributed by atoms with E-state index in [1.165, 1.54) is 22.9 Å². The molecule has 1 unspecified atom stereocenters. The normalized spacial score (nSPS) is 13.6. The van der Waals surface area contributed by atoms with Crippen LogP contribution in [0, 0.1) is 13.8 Å². The van der Waals surface area contributed by atoms with Gasteiger partial charge in [-0.3, -0.25) is 9.59 Å². The number of amides is 1. The molecular weight excluding hydrogens is 665 g/mol. The van der Waals surface area contributed by atoms with Gasteiger partial charge in [-0.2, -0.15) is 0 Å². The highest BCUT2D eigenvalue weighted by Gasteiger charge is 2.27. The number of para-hydroxylation sites is 1. The maximum atomic E-state index is 12.5. The number of ether oxygens (including phenoxy) is 1. The predicted octanol–water partition coefficient (Wildman–Crippen LogP) is 10.2. The largest absolute Gasteiger partial charge is 0.456 e. The fourth-order valence-corrected chi connectivity index (χ4v) is 6.83. The molecule has 52 heavy (non-hydrogen) atoms. The smallest absolute Gasteiger partial charge is 0.293 e. The Labute approximate surface area is 308 Å². The van der Waals surface area contributed by atoms with E-state index in [2.05, 4.69) is 167 Å². The number of carbonyl (C=O) groups is 2. The molecule has 6 aromatic rings. The Morgan fingerprint density at radius 1 is 0.615 bits per heavy atom. The van der Waals surface area contributed by atoms with Gasteiger partial charge in [-0.15, -0.1) is 0 Å². The molecule has 7 rings (SSSR count). The summed E-state index contributed by atoms with van der Waals surface area (Å²) in [6, 6.07) is 52.7. The molecule has 1 heterocycles. The van der Waals surface area contributed by atoms with E-state index in [0.29, 0.717) is 18.1 Å². The number of carbonyl (C=O) groups excluding carboxylic acids is 2. The molecule has 1 amide bonds. The van der Waals surface area contributed by atoms with Gasteiger partial charge in [-0.25, -0.2) is 4.99 Å². The van der Waals surface area contributed by atoms with Crippen molar-refractivity contribution in [2.24, 2.45) is 4.99 Å². The number of nitrogens with one attached hydrogen (secondary N) is 1. The molecule has 1 atom stereocenters. The van der Waals surface area contributed by atoms with Crippen LogP contribution in [0.5, 0.6) is 0 Å². The first-order valence-electron chi connectivity index (χ1n) is 17.1. The molecule has 0 fully saturated rings. The average Bonchev–Trinajstić information content (AvgIpc) is 3.53. The minimum atomic E-state index is -0.525. The third-order valence-corrected chi connectivity index (χ3v) is 9.68. The molecule has 0 aromatic heterocycles. The number of hydrogen-bond acceptors (Lipinski definition) is 7. The molecule has 8 heteroatoms. The molecule has 1 aliphatic heterocycles. The number of benzene rings is 6. The molecule has 1 N–H and O–H groups in total. The van der Waals surface area contributed by atoms with Gasteiger partial charge in [0, 0.05) is 40.5 Å². The third kappa shape index (κ3) is 7.93. The van der Waals surface area contributed by atoms with Gasteiger partial charge in [0.15, 0.2) is 5.17 Å². The Hall–Kier alpha value is -6.12. The van der Waals surface area contributed by atoms with Gasteiger partial charge in [-0.05, 0) is 115 Å². The zero-order valence-corrected chi connectivity index (χ0v) is 29.8. The summed E-state index contributed by atoms with van der Waals surface area (Å²) in [5.74, 6) is -0.0535. The first-order valence-corrected chi connectivity index (χ1v) is 18.1. The van der Waals surface area contributed by atoms with E-state index in [-0.39, 0.29) is 11.8 Å². The third-order valence-electron chi connectivity index (χ3n) is 8.94. The summed E-state index contributed by atoms with van der Waals surface area (Å²) >= 11 is 1.18. The number of thioether (sulfide) groups is 1. The molecular formula is C44H38N4O3S. The maximum absolute atomic E-state index is 12.5. The van der Waals surface area contributed by atoms with Gasteiger partial charge in [0.05, 0.1) is 0 Å². The van der Waals surface area contributed by atoms with Crippen LogP contribution in [0.25, 0.3) is 11.1 Å². The SMILES string of the molecule is Cc1ccc(N(c2ccccc2)c2ccc(-c3ccc(N(c4ccc(C)cc4)c4ccc(CC5N=C(SCOC=O)NC5=O)cc4)cc3)cc2)cc1. The Bertz CT molecular complexity index is 2150. The van der Waals surface area contributed by atoms with E-state index in [9.17, 15) is 9.59 Å². The first kappa shape index (κ1) is 34.3. The molecule has 0 saturated heterocycles. The van der Waals surface area contributed by atoms with Crippen molar-refractivity contribution in [1.82, 2.24) is 5.32 Å². The maximum Gasteiger partial charge on any atom is 0.293 e. The second-order valence-corrected chi connectivity index (χ2v) is 13.5. The fourth-order valence-electron chi connectivity index (χ4n) is 6.22. The molecule has 0 radical (unpaired) electrons. The Morgan fingerprint density at radius 3 is 1.50 bits per heavy atom. The Balaban J connectivity index is 1.12. The van der Waals surface area contributed by atoms with Crippen molar-refractivity contribution >= 4 is 63.4 Å². The van der Waals surface area contributed by atoms with Crippen LogP contribution < -0.4 is 15.1 Å². The summed E-state index contributed by atoms with van der Waals surface area (Å²) < 4.78 is 4.71. The summed E-state index contributed by atoms with van der Waals surface area (Å²) in [4.78, 5) is 32.0. The highest BCUT2D eigenvalue weighted by molar-refractivity contribution is 8.13. The minimum absolute atomic E-state index is 0.105. The molecule has 1 aliphatic rings. The van der Waals surface area contributed by atoms with Crippen molar-refractivity contribution in [3.63, 3.8) is 0 Å². The van der Waals surface area contributed by atoms with Crippen LogP contribution >= 0.6 is 11.8 Å². The van der Waals surface area contributed by atoms with Crippen molar-refractivity contribution < 1.29 is 14.3 Å². The number of amidine groups is 1. The number of aryl methyl sites for hydroxylation is 2. The van der Waals surface area contributed by atoms with Gasteiger partial charge in [-0.1, -0.05) is 90.0 Å². The molecule has 258 valence electrons. The van der Waals surface area contributed by atoms with Crippen LogP contribution in [0.4, 0.5) is 34.1 Å². The average molecular weight is 703 g/mol. The standard InChI is InChI=1S/C44H38N4O3S/c1-31-8-18-37(19-9-31)47(36-6-4-3-5-7-36)40-24-14-34(15-25-40)35-16-26-41(27-17-35)48(38-20-10-32(2)11-21-38)39-22-12-33(13-23-39)28-42-43(50)46-44(45-42)52-30-51-29-49/h3-27,29,42H,28,30H2,1-2H3,(H,45,46,50). The fraction of sp³-hybridized carbons (Fsp3) is 0.114. The first-order chi connectivity index (χ1) is 25.4. The quantitative estimate of drug-likeness (QED) is 0.0778. The lowest BCUT2D eigenvalue weighted by Crippen LogP contribution is -2.28. The van der Waals surface area contributed by atoms with Crippen molar-refractivity contribution in [2.45, 2.75) is 26.3 Å². The molecule has 0 saturated carbocycles. The molecule has 0 aliphatic carbocycles. The number of nitrogens with zero attached hydrogens (tertiary/aromatic N) is 3. The monoisotopic (exact) mass is 702 g/mol. The summed E-state index contributed by atoms with van der Waals surface area (Å²) in [6.07, 6.45) is 0.469. The lowest BCUT2D eigenvalue weighted by atomic mass is 10.0. The highest BCUT2D eigenvalue weighted by Crippen LogP contribution is 2.38. The topological polar surface area (TPSA) is 74.2 Å². The van der Waals surface area contributed by atoms with Gasteiger partial charge < -0.3 is 19.9 Å². The van der Waals surface area contributed by atoms with Crippen LogP contribution in [-0.4, -0.2) is 29.5 Å². The van der Waals surface area contributed by atoms with Gasteiger partial charge in [0.1, 0.15) is 12.0 Å². The van der Waals surface area contributed by atoms with E-state index >= 15 is 0 Å². The summed E-state index contributed by atoms with van der Waals surface area (Å²) in [7, 11) is 0. The van der Waals surface area contributed by atoms with Gasteiger partial charge in [0.25, 0.3) is 12.4 Å². The van der Waals surface area contributed by atoms with E-state index < -0.39 is 6.04 Å². The predicted molar refractivity (Wildman–Crippen MR) is 213 cm³/mol. The molecule has 0 spiro atoms. The zero-order valence-electron chi connectivity index (χ0n) is 29.0. The van der Waals surface area contributed by atoms with Crippen LogP contribution in [-0.2, 0) is 20.7 Å².